The fraction of sp³-hybridized carbons (Fsp3) is 0.619. The van der Waals surface area contributed by atoms with Crippen LogP contribution < -0.4 is 0 Å². The monoisotopic (exact) mass is 433 g/mol. The largest absolute Gasteiger partial charge is 0.340 e. The van der Waals surface area contributed by atoms with E-state index in [0.29, 0.717) is 36.5 Å². The first kappa shape index (κ1) is 21.3. The Morgan fingerprint density at radius 2 is 1.77 bits per heavy atom. The normalized spacial score (nSPS) is 19.4. The van der Waals surface area contributed by atoms with Crippen LogP contribution in [0.3, 0.4) is 0 Å². The maximum atomic E-state index is 12.9. The lowest BCUT2D eigenvalue weighted by Gasteiger charge is -2.34. The van der Waals surface area contributed by atoms with Crippen LogP contribution in [-0.4, -0.2) is 83.8 Å². The lowest BCUT2D eigenvalue weighted by Crippen LogP contribution is -2.48. The highest BCUT2D eigenvalue weighted by Gasteiger charge is 2.26. The summed E-state index contributed by atoms with van der Waals surface area (Å²) < 4.78 is 29.3. The molecule has 0 N–H and O–H groups in total. The number of carbonyl (C=O) groups is 1. The molecule has 1 aromatic carbocycles. The van der Waals surface area contributed by atoms with Gasteiger partial charge in [0, 0.05) is 52.2 Å². The topological polar surface area (TPSA) is 78.8 Å². The number of imidazole rings is 1. The van der Waals surface area contributed by atoms with Gasteiger partial charge in [0.05, 0.1) is 22.3 Å². The number of amides is 1. The summed E-state index contributed by atoms with van der Waals surface area (Å²) >= 11 is 0. The molecular weight excluding hydrogens is 402 g/mol. The fourth-order valence-corrected chi connectivity index (χ4v) is 5.86. The second kappa shape index (κ2) is 9.03. The zero-order valence-corrected chi connectivity index (χ0v) is 18.5. The molecule has 0 aliphatic carbocycles. The summed E-state index contributed by atoms with van der Waals surface area (Å²) in [6.07, 6.45) is 5.04. The first-order chi connectivity index (χ1) is 14.5. The highest BCUT2D eigenvalue weighted by atomic mass is 32.2. The van der Waals surface area contributed by atoms with Crippen molar-refractivity contribution in [3.63, 3.8) is 0 Å². The zero-order chi connectivity index (χ0) is 21.1. The molecule has 0 radical (unpaired) electrons. The summed E-state index contributed by atoms with van der Waals surface area (Å²) in [6, 6.07) is 5.13. The Balaban J connectivity index is 1.42. The molecule has 30 heavy (non-hydrogen) atoms. The summed E-state index contributed by atoms with van der Waals surface area (Å²) in [5, 5.41) is 0. The summed E-state index contributed by atoms with van der Waals surface area (Å²) in [5.41, 5.74) is 1.51. The number of piperidine rings is 1. The number of hydrogen-bond donors (Lipinski definition) is 0. The van der Waals surface area contributed by atoms with Crippen molar-refractivity contribution >= 4 is 27.0 Å². The van der Waals surface area contributed by atoms with Crippen LogP contribution in [0.2, 0.25) is 0 Å². The third kappa shape index (κ3) is 4.38. The Labute approximate surface area is 178 Å². The van der Waals surface area contributed by atoms with Crippen molar-refractivity contribution in [1.82, 2.24) is 23.7 Å². The molecule has 0 unspecified atom stereocenters. The average molecular weight is 434 g/mol. The number of carbonyl (C=O) groups excluding carboxylic acids is 1. The SMILES string of the molecule is CCN1CCN(C(=O)CCn2cnc3cc(S(=O)(=O)N4CCCCC4)ccc32)CC1. The highest BCUT2D eigenvalue weighted by molar-refractivity contribution is 7.89. The van der Waals surface area contributed by atoms with Crippen LogP contribution in [-0.2, 0) is 21.4 Å². The maximum absolute atomic E-state index is 12.9. The Bertz CT molecular complexity index is 989. The molecule has 2 saturated heterocycles. The van der Waals surface area contributed by atoms with Crippen LogP contribution in [0.5, 0.6) is 0 Å². The lowest BCUT2D eigenvalue weighted by atomic mass is 10.2. The van der Waals surface area contributed by atoms with Crippen molar-refractivity contribution in [1.29, 1.82) is 0 Å². The van der Waals surface area contributed by atoms with Crippen molar-refractivity contribution in [3.8, 4) is 0 Å². The minimum absolute atomic E-state index is 0.164. The summed E-state index contributed by atoms with van der Waals surface area (Å²) in [6.45, 7) is 8.33. The smallest absolute Gasteiger partial charge is 0.243 e. The first-order valence-corrected chi connectivity index (χ1v) is 12.4. The van der Waals surface area contributed by atoms with E-state index in [1.165, 1.54) is 0 Å². The Morgan fingerprint density at radius 3 is 2.47 bits per heavy atom. The number of sulfonamides is 1. The first-order valence-electron chi connectivity index (χ1n) is 10.9. The maximum Gasteiger partial charge on any atom is 0.243 e. The van der Waals surface area contributed by atoms with E-state index in [1.54, 1.807) is 22.8 Å². The van der Waals surface area contributed by atoms with Gasteiger partial charge in [0.15, 0.2) is 0 Å². The van der Waals surface area contributed by atoms with Crippen LogP contribution in [0.4, 0.5) is 0 Å². The van der Waals surface area contributed by atoms with E-state index in [4.69, 9.17) is 0 Å². The Hall–Kier alpha value is -1.97. The van der Waals surface area contributed by atoms with E-state index in [0.717, 1.165) is 57.5 Å². The number of nitrogens with zero attached hydrogens (tertiary/aromatic N) is 5. The molecule has 3 heterocycles. The molecule has 0 spiro atoms. The van der Waals surface area contributed by atoms with Crippen molar-refractivity contribution in [2.24, 2.45) is 0 Å². The predicted octanol–water partition coefficient (Wildman–Crippen LogP) is 1.77. The minimum Gasteiger partial charge on any atom is -0.340 e. The summed E-state index contributed by atoms with van der Waals surface area (Å²) in [5.74, 6) is 0.164. The molecule has 2 fully saturated rings. The zero-order valence-electron chi connectivity index (χ0n) is 17.7. The number of aryl methyl sites for hydroxylation is 1. The highest BCUT2D eigenvalue weighted by Crippen LogP contribution is 2.24. The molecule has 4 rings (SSSR count). The van der Waals surface area contributed by atoms with Crippen LogP contribution in [0, 0.1) is 0 Å². The van der Waals surface area contributed by atoms with Gasteiger partial charge < -0.3 is 14.4 Å². The van der Waals surface area contributed by atoms with E-state index in [2.05, 4.69) is 16.8 Å². The third-order valence-corrected chi connectivity index (χ3v) is 8.18. The van der Waals surface area contributed by atoms with E-state index in [1.807, 2.05) is 15.5 Å². The molecule has 8 nitrogen and oxygen atoms in total. The van der Waals surface area contributed by atoms with Gasteiger partial charge in [0.1, 0.15) is 0 Å². The minimum atomic E-state index is -3.47. The molecule has 1 aromatic heterocycles. The molecule has 9 heteroatoms. The predicted molar refractivity (Wildman–Crippen MR) is 116 cm³/mol. The number of hydrogen-bond acceptors (Lipinski definition) is 5. The van der Waals surface area contributed by atoms with Crippen LogP contribution in [0.15, 0.2) is 29.4 Å². The van der Waals surface area contributed by atoms with E-state index in [-0.39, 0.29) is 5.91 Å². The standard InChI is InChI=1S/C21H31N5O3S/c1-2-23-12-14-24(15-13-23)21(27)8-11-25-17-22-19-16-18(6-7-20(19)25)30(28,29)26-9-4-3-5-10-26/h6-7,16-17H,2-5,8-15H2,1H3. The van der Waals surface area contributed by atoms with Gasteiger partial charge in [0.2, 0.25) is 15.9 Å². The van der Waals surface area contributed by atoms with Crippen LogP contribution in [0.1, 0.15) is 32.6 Å². The molecule has 2 aromatic rings. The molecule has 2 aliphatic heterocycles. The van der Waals surface area contributed by atoms with Crippen LogP contribution in [0.25, 0.3) is 11.0 Å². The Kier molecular flexibility index (Phi) is 6.40. The van der Waals surface area contributed by atoms with Gasteiger partial charge in [-0.05, 0) is 37.6 Å². The molecule has 0 bridgehead atoms. The quantitative estimate of drug-likeness (QED) is 0.694. The van der Waals surface area contributed by atoms with Crippen molar-refractivity contribution in [3.05, 3.63) is 24.5 Å². The number of rotatable bonds is 6. The molecular formula is C21H31N5O3S. The molecule has 164 valence electrons. The van der Waals surface area contributed by atoms with Gasteiger partial charge in [-0.3, -0.25) is 4.79 Å². The van der Waals surface area contributed by atoms with Gasteiger partial charge in [0.25, 0.3) is 0 Å². The van der Waals surface area contributed by atoms with Gasteiger partial charge >= 0.3 is 0 Å². The Morgan fingerprint density at radius 1 is 1.03 bits per heavy atom. The van der Waals surface area contributed by atoms with Gasteiger partial charge in [-0.2, -0.15) is 4.31 Å². The van der Waals surface area contributed by atoms with Gasteiger partial charge in [-0.25, -0.2) is 13.4 Å². The van der Waals surface area contributed by atoms with Gasteiger partial charge in [-0.1, -0.05) is 13.3 Å². The summed E-state index contributed by atoms with van der Waals surface area (Å²) in [7, 11) is -3.47. The lowest BCUT2D eigenvalue weighted by molar-refractivity contribution is -0.133. The van der Waals surface area contributed by atoms with Crippen molar-refractivity contribution in [2.75, 3.05) is 45.8 Å². The van der Waals surface area contributed by atoms with E-state index in [9.17, 15) is 13.2 Å². The second-order valence-electron chi connectivity index (χ2n) is 8.12. The number of likely N-dealkylation sites (N-methyl/N-ethyl adjacent to an activating group) is 1. The number of benzene rings is 1. The van der Waals surface area contributed by atoms with E-state index >= 15 is 0 Å². The molecule has 0 atom stereocenters. The number of aromatic nitrogens is 2. The molecule has 0 saturated carbocycles. The number of fused-ring (bicyclic) bond motifs is 1. The second-order valence-corrected chi connectivity index (χ2v) is 10.1. The third-order valence-electron chi connectivity index (χ3n) is 6.28. The number of piperazine rings is 1. The van der Waals surface area contributed by atoms with Gasteiger partial charge in [-0.15, -0.1) is 0 Å². The molecule has 1 amide bonds. The molecule has 2 aliphatic rings. The van der Waals surface area contributed by atoms with Crippen molar-refractivity contribution < 1.29 is 13.2 Å². The van der Waals surface area contributed by atoms with E-state index < -0.39 is 10.0 Å². The average Bonchev–Trinajstić information content (AvgIpc) is 3.20. The van der Waals surface area contributed by atoms with Crippen LogP contribution >= 0.6 is 0 Å². The summed E-state index contributed by atoms with van der Waals surface area (Å²) in [4.78, 5) is 21.6. The fourth-order valence-electron chi connectivity index (χ4n) is 4.32. The van der Waals surface area contributed by atoms with Crippen molar-refractivity contribution in [2.45, 2.75) is 44.0 Å².